The smallest absolute Gasteiger partial charge is 0.227 e. The summed E-state index contributed by atoms with van der Waals surface area (Å²) in [6.07, 6.45) is 3.97. The fraction of sp³-hybridized carbons (Fsp3) is 0.111. The molecule has 1 heterocycles. The predicted molar refractivity (Wildman–Crippen MR) is 90.0 cm³/mol. The lowest BCUT2D eigenvalue weighted by molar-refractivity contribution is -0.681. The number of aryl methyl sites for hydroxylation is 1. The second-order valence-electron chi connectivity index (χ2n) is 5.04. The summed E-state index contributed by atoms with van der Waals surface area (Å²) in [6, 6.07) is 17.9. The fourth-order valence-corrected chi connectivity index (χ4v) is 2.27. The normalized spacial score (nSPS) is 10.1. The third-order valence-corrected chi connectivity index (χ3v) is 3.45. The summed E-state index contributed by atoms with van der Waals surface area (Å²) >= 11 is 0. The second-order valence-corrected chi connectivity index (χ2v) is 5.04. The third-order valence-electron chi connectivity index (χ3n) is 3.45. The molecule has 21 heavy (non-hydrogen) atoms. The van der Waals surface area contributed by atoms with E-state index in [4.69, 9.17) is 0 Å². The van der Waals surface area contributed by atoms with Gasteiger partial charge < -0.3 is 0 Å². The van der Waals surface area contributed by atoms with Crippen LogP contribution in [0, 0.1) is 6.92 Å². The summed E-state index contributed by atoms with van der Waals surface area (Å²) in [5.74, 6) is 0.130. The van der Waals surface area contributed by atoms with Crippen LogP contribution in [0.4, 0.5) is 0 Å². The van der Waals surface area contributed by atoms with Crippen LogP contribution in [-0.4, -0.2) is 5.78 Å². The number of hydrogen-bond donors (Lipinski definition) is 0. The van der Waals surface area contributed by atoms with Crippen molar-refractivity contribution in [2.45, 2.75) is 13.5 Å². The van der Waals surface area contributed by atoms with Crippen molar-refractivity contribution in [3.63, 3.8) is 0 Å². The highest BCUT2D eigenvalue weighted by molar-refractivity contribution is 8.93. The van der Waals surface area contributed by atoms with E-state index in [1.165, 1.54) is 10.9 Å². The molecular weight excluding hydrogens is 326 g/mol. The first kappa shape index (κ1) is 15.4. The van der Waals surface area contributed by atoms with Crippen LogP contribution in [0.3, 0.4) is 0 Å². The van der Waals surface area contributed by atoms with E-state index >= 15 is 0 Å². The van der Waals surface area contributed by atoms with Gasteiger partial charge in [0.1, 0.15) is 0 Å². The van der Waals surface area contributed by atoms with Crippen LogP contribution in [-0.2, 0) is 6.54 Å². The number of benzene rings is 2. The fourth-order valence-electron chi connectivity index (χ4n) is 2.27. The zero-order valence-corrected chi connectivity index (χ0v) is 13.5. The molecule has 0 fully saturated rings. The Hall–Kier alpha value is -2.00. The summed E-state index contributed by atoms with van der Waals surface area (Å²) in [5, 5.41) is 2.33. The Morgan fingerprint density at radius 1 is 0.952 bits per heavy atom. The van der Waals surface area contributed by atoms with Gasteiger partial charge in [-0.25, -0.2) is 0 Å². The topological polar surface area (TPSA) is 20.9 Å². The summed E-state index contributed by atoms with van der Waals surface area (Å²) in [5.41, 5.74) is 1.93. The zero-order valence-electron chi connectivity index (χ0n) is 11.8. The Morgan fingerprint density at radius 2 is 1.62 bits per heavy atom. The molecule has 0 atom stereocenters. The summed E-state index contributed by atoms with van der Waals surface area (Å²) < 4.78 is 1.94. The second kappa shape index (κ2) is 6.64. The number of carbonyl (C=O) groups excluding carboxylic acids is 1. The highest BCUT2D eigenvalue weighted by Gasteiger charge is 2.12. The Kier molecular flexibility index (Phi) is 4.86. The largest absolute Gasteiger partial charge is 0.287 e. The van der Waals surface area contributed by atoms with E-state index in [-0.39, 0.29) is 22.8 Å². The number of Topliss-reactive ketones (excluding diaryl/α,β-unsaturated/α-hetero) is 1. The number of pyridine rings is 1. The van der Waals surface area contributed by atoms with Gasteiger partial charge in [-0.1, -0.05) is 48.0 Å². The number of aromatic nitrogens is 1. The van der Waals surface area contributed by atoms with Crippen molar-refractivity contribution in [3.05, 3.63) is 78.1 Å². The first-order valence-corrected chi connectivity index (χ1v) is 6.70. The molecule has 2 nitrogen and oxygen atoms in total. The van der Waals surface area contributed by atoms with Gasteiger partial charge in [0.15, 0.2) is 12.4 Å². The average molecular weight is 343 g/mol. The number of fused-ring (bicyclic) bond motifs is 1. The van der Waals surface area contributed by atoms with Crippen LogP contribution in [0.25, 0.3) is 10.8 Å². The first-order chi connectivity index (χ1) is 9.72. The van der Waals surface area contributed by atoms with E-state index < -0.39 is 0 Å². The maximum absolute atomic E-state index is 12.2. The molecule has 106 valence electrons. The van der Waals surface area contributed by atoms with Gasteiger partial charge >= 0.3 is 0 Å². The molecule has 2 aromatic carbocycles. The monoisotopic (exact) mass is 342 g/mol. The molecule has 0 saturated carbocycles. The Morgan fingerprint density at radius 3 is 2.33 bits per heavy atom. The number of ketones is 1. The minimum absolute atomic E-state index is 0. The molecule has 3 heteroatoms. The molecule has 0 amide bonds. The Balaban J connectivity index is 0.00000161. The summed E-state index contributed by atoms with van der Waals surface area (Å²) in [6.45, 7) is 2.39. The number of halogens is 1. The van der Waals surface area contributed by atoms with Crippen molar-refractivity contribution in [2.24, 2.45) is 0 Å². The van der Waals surface area contributed by atoms with Crippen LogP contribution >= 0.6 is 17.0 Å². The third kappa shape index (κ3) is 3.56. The molecule has 0 radical (unpaired) electrons. The van der Waals surface area contributed by atoms with Crippen molar-refractivity contribution in [1.82, 2.24) is 0 Å². The summed E-state index contributed by atoms with van der Waals surface area (Å²) in [4.78, 5) is 12.2. The highest BCUT2D eigenvalue weighted by atomic mass is 79.9. The molecule has 0 aliphatic carbocycles. The van der Waals surface area contributed by atoms with Crippen LogP contribution in [0.5, 0.6) is 0 Å². The maximum Gasteiger partial charge on any atom is 0.227 e. The quantitative estimate of drug-likeness (QED) is 0.522. The van der Waals surface area contributed by atoms with E-state index in [0.29, 0.717) is 6.54 Å². The van der Waals surface area contributed by atoms with Gasteiger partial charge in [-0.05, 0) is 18.4 Å². The first-order valence-electron chi connectivity index (χ1n) is 6.70. The maximum atomic E-state index is 12.2. The minimum atomic E-state index is 0. The van der Waals surface area contributed by atoms with E-state index in [0.717, 1.165) is 10.9 Å². The van der Waals surface area contributed by atoms with E-state index in [9.17, 15) is 4.79 Å². The molecule has 3 aromatic rings. The average Bonchev–Trinajstić information content (AvgIpc) is 2.48. The van der Waals surface area contributed by atoms with Crippen molar-refractivity contribution in [1.29, 1.82) is 0 Å². The highest BCUT2D eigenvalue weighted by Crippen LogP contribution is 2.10. The molecule has 0 aliphatic rings. The lowest BCUT2D eigenvalue weighted by Crippen LogP contribution is -2.37. The Labute approximate surface area is 134 Å². The van der Waals surface area contributed by atoms with E-state index in [1.54, 1.807) is 0 Å². The molecule has 0 aliphatic heterocycles. The molecule has 0 N–H and O–H groups in total. The van der Waals surface area contributed by atoms with E-state index in [1.807, 2.05) is 66.3 Å². The van der Waals surface area contributed by atoms with Crippen molar-refractivity contribution in [3.8, 4) is 0 Å². The molecule has 0 spiro atoms. The SMILES string of the molecule is Br.Cc1ccc(C(=O)C[n+]2ccc3ccccc3c2)cc1. The van der Waals surface area contributed by atoms with Crippen molar-refractivity contribution < 1.29 is 9.36 Å². The molecule has 0 unspecified atom stereocenters. The van der Waals surface area contributed by atoms with Crippen molar-refractivity contribution in [2.75, 3.05) is 0 Å². The molecular formula is C18H17BrNO+. The summed E-state index contributed by atoms with van der Waals surface area (Å²) in [7, 11) is 0. The lowest BCUT2D eigenvalue weighted by atomic mass is 10.1. The Bertz CT molecular complexity index is 766. The molecule has 1 aromatic heterocycles. The minimum Gasteiger partial charge on any atom is -0.287 e. The lowest BCUT2D eigenvalue weighted by Gasteiger charge is -2.00. The van der Waals surface area contributed by atoms with Gasteiger partial charge in [0.2, 0.25) is 12.3 Å². The molecule has 0 bridgehead atoms. The molecule has 3 rings (SSSR count). The molecule has 0 saturated heterocycles. The van der Waals surface area contributed by atoms with Crippen LogP contribution in [0.15, 0.2) is 67.0 Å². The van der Waals surface area contributed by atoms with E-state index in [2.05, 4.69) is 12.1 Å². The van der Waals surface area contributed by atoms with Gasteiger partial charge in [0.25, 0.3) is 0 Å². The number of carbonyl (C=O) groups is 1. The van der Waals surface area contributed by atoms with Gasteiger partial charge in [0.05, 0.1) is 0 Å². The van der Waals surface area contributed by atoms with Crippen LogP contribution in [0.1, 0.15) is 15.9 Å². The predicted octanol–water partition coefficient (Wildman–Crippen LogP) is 3.90. The van der Waals surface area contributed by atoms with Gasteiger partial charge in [-0.2, -0.15) is 4.57 Å². The van der Waals surface area contributed by atoms with Crippen molar-refractivity contribution >= 4 is 33.5 Å². The zero-order chi connectivity index (χ0) is 13.9. The number of hydrogen-bond acceptors (Lipinski definition) is 1. The number of nitrogens with zero attached hydrogens (tertiary/aromatic N) is 1. The van der Waals surface area contributed by atoms with Crippen LogP contribution < -0.4 is 4.57 Å². The van der Waals surface area contributed by atoms with Gasteiger partial charge in [-0.3, -0.25) is 4.79 Å². The van der Waals surface area contributed by atoms with Gasteiger partial charge in [0, 0.05) is 17.0 Å². The van der Waals surface area contributed by atoms with Crippen LogP contribution in [0.2, 0.25) is 0 Å². The van der Waals surface area contributed by atoms with Gasteiger partial charge in [-0.15, -0.1) is 17.0 Å². The standard InChI is InChI=1S/C18H16NO.BrH/c1-14-6-8-16(9-7-14)18(20)13-19-11-10-15-4-2-3-5-17(15)12-19;/h2-12H,13H2,1H3;1H/q+1;. The number of rotatable bonds is 3.